The van der Waals surface area contributed by atoms with Crippen molar-refractivity contribution in [3.05, 3.63) is 42.5 Å². The molecule has 0 radical (unpaired) electrons. The molecule has 19 heavy (non-hydrogen) atoms. The molecule has 3 nitrogen and oxygen atoms in total. The molecule has 3 rings (SSSR count). The summed E-state index contributed by atoms with van der Waals surface area (Å²) in [6, 6.07) is 13.2. The zero-order valence-corrected chi connectivity index (χ0v) is 11.5. The number of benzene rings is 2. The zero-order valence-electron chi connectivity index (χ0n) is 10.7. The first-order chi connectivity index (χ1) is 9.19. The topological polar surface area (TPSA) is 46.2 Å². The third-order valence-corrected chi connectivity index (χ3v) is 6.10. The van der Waals surface area contributed by atoms with Crippen LogP contribution in [0.25, 0.3) is 10.8 Å². The second-order valence-corrected chi connectivity index (χ2v) is 7.17. The lowest BCUT2D eigenvalue weighted by molar-refractivity contribution is 0.496. The Morgan fingerprint density at radius 1 is 0.947 bits per heavy atom. The van der Waals surface area contributed by atoms with Gasteiger partial charge in [0.1, 0.15) is 0 Å². The average molecular weight is 275 g/mol. The van der Waals surface area contributed by atoms with E-state index in [1.165, 1.54) is 0 Å². The molecule has 1 heterocycles. The van der Waals surface area contributed by atoms with Crippen molar-refractivity contribution in [2.75, 3.05) is 13.1 Å². The smallest absolute Gasteiger partial charge is 0.181 e. The largest absolute Gasteiger partial charge is 0.317 e. The normalized spacial score (nSPS) is 17.7. The lowest BCUT2D eigenvalue weighted by atomic mass is 10.1. The highest BCUT2D eigenvalue weighted by atomic mass is 32.2. The van der Waals surface area contributed by atoms with Gasteiger partial charge in [-0.3, -0.25) is 0 Å². The van der Waals surface area contributed by atoms with Crippen LogP contribution in [0.2, 0.25) is 0 Å². The molecule has 1 fully saturated rings. The maximum absolute atomic E-state index is 12.8. The number of hydrogen-bond acceptors (Lipinski definition) is 3. The van der Waals surface area contributed by atoms with Crippen LogP contribution >= 0.6 is 0 Å². The van der Waals surface area contributed by atoms with Crippen molar-refractivity contribution in [1.29, 1.82) is 0 Å². The number of hydrogen-bond donors (Lipinski definition) is 1. The van der Waals surface area contributed by atoms with Gasteiger partial charge in [0.05, 0.1) is 10.1 Å². The minimum atomic E-state index is -3.23. The summed E-state index contributed by atoms with van der Waals surface area (Å²) in [6.07, 6.45) is 1.40. The van der Waals surface area contributed by atoms with Crippen LogP contribution in [0.5, 0.6) is 0 Å². The first-order valence-electron chi connectivity index (χ1n) is 6.62. The van der Waals surface area contributed by atoms with Crippen molar-refractivity contribution >= 4 is 20.6 Å². The maximum Gasteiger partial charge on any atom is 0.181 e. The Hall–Kier alpha value is -1.39. The molecule has 0 spiro atoms. The Balaban J connectivity index is 2.12. The highest BCUT2D eigenvalue weighted by Crippen LogP contribution is 2.28. The highest BCUT2D eigenvalue weighted by Gasteiger charge is 2.29. The Labute approximate surface area is 113 Å². The molecule has 1 N–H and O–H groups in total. The minimum absolute atomic E-state index is 0.250. The lowest BCUT2D eigenvalue weighted by Gasteiger charge is -2.23. The summed E-state index contributed by atoms with van der Waals surface area (Å²) in [4.78, 5) is 0.484. The molecule has 0 aromatic heterocycles. The molecule has 0 unspecified atom stereocenters. The summed E-state index contributed by atoms with van der Waals surface area (Å²) < 4.78 is 25.5. The molecule has 0 saturated carbocycles. The second kappa shape index (κ2) is 4.94. The molecule has 1 aliphatic rings. The first-order valence-corrected chi connectivity index (χ1v) is 8.16. The molecule has 2 aromatic carbocycles. The molecule has 2 aromatic rings. The van der Waals surface area contributed by atoms with Gasteiger partial charge in [0.2, 0.25) is 0 Å². The predicted molar refractivity (Wildman–Crippen MR) is 77.0 cm³/mol. The van der Waals surface area contributed by atoms with E-state index in [0.29, 0.717) is 17.7 Å². The fraction of sp³-hybridized carbons (Fsp3) is 0.333. The van der Waals surface area contributed by atoms with Gasteiger partial charge in [-0.1, -0.05) is 36.4 Å². The summed E-state index contributed by atoms with van der Waals surface area (Å²) in [5.41, 5.74) is 0. The second-order valence-electron chi connectivity index (χ2n) is 4.97. The number of piperidine rings is 1. The molecule has 0 atom stereocenters. The third-order valence-electron chi connectivity index (χ3n) is 3.78. The molecule has 1 saturated heterocycles. The van der Waals surface area contributed by atoms with Gasteiger partial charge in [-0.25, -0.2) is 8.42 Å². The van der Waals surface area contributed by atoms with Crippen molar-refractivity contribution in [1.82, 2.24) is 5.32 Å². The molecule has 0 bridgehead atoms. The van der Waals surface area contributed by atoms with Gasteiger partial charge in [0, 0.05) is 5.39 Å². The lowest BCUT2D eigenvalue weighted by Crippen LogP contribution is -2.35. The molecule has 4 heteroatoms. The Morgan fingerprint density at radius 2 is 1.63 bits per heavy atom. The molecule has 0 amide bonds. The van der Waals surface area contributed by atoms with Crippen LogP contribution in [0, 0.1) is 0 Å². The van der Waals surface area contributed by atoms with E-state index in [2.05, 4.69) is 5.32 Å². The molecular weight excluding hydrogens is 258 g/mol. The minimum Gasteiger partial charge on any atom is -0.317 e. The SMILES string of the molecule is O=S(=O)(c1cccc2ccccc12)C1CCNCC1. The van der Waals surface area contributed by atoms with E-state index in [1.54, 1.807) is 6.07 Å². The van der Waals surface area contributed by atoms with Gasteiger partial charge >= 0.3 is 0 Å². The monoisotopic (exact) mass is 275 g/mol. The van der Waals surface area contributed by atoms with E-state index in [4.69, 9.17) is 0 Å². The van der Waals surface area contributed by atoms with Gasteiger partial charge in [0.15, 0.2) is 9.84 Å². The highest BCUT2D eigenvalue weighted by molar-refractivity contribution is 7.92. The molecule has 100 valence electrons. The van der Waals surface area contributed by atoms with E-state index in [-0.39, 0.29) is 5.25 Å². The summed E-state index contributed by atoms with van der Waals surface area (Å²) in [5.74, 6) is 0. The van der Waals surface area contributed by atoms with Crippen LogP contribution in [-0.4, -0.2) is 26.8 Å². The van der Waals surface area contributed by atoms with Crippen molar-refractivity contribution in [2.24, 2.45) is 0 Å². The third kappa shape index (κ3) is 2.26. The van der Waals surface area contributed by atoms with Gasteiger partial charge in [-0.2, -0.15) is 0 Å². The fourth-order valence-corrected chi connectivity index (χ4v) is 4.71. The Kier molecular flexibility index (Phi) is 3.29. The predicted octanol–water partition coefficient (Wildman–Crippen LogP) is 2.37. The zero-order chi connectivity index (χ0) is 13.3. The van der Waals surface area contributed by atoms with Crippen LogP contribution < -0.4 is 5.32 Å². The van der Waals surface area contributed by atoms with Crippen molar-refractivity contribution in [3.8, 4) is 0 Å². The van der Waals surface area contributed by atoms with E-state index in [1.807, 2.05) is 36.4 Å². The number of fused-ring (bicyclic) bond motifs is 1. The number of nitrogens with one attached hydrogen (secondary N) is 1. The average Bonchev–Trinajstić information content (AvgIpc) is 2.47. The summed E-state index contributed by atoms with van der Waals surface area (Å²) in [5, 5.41) is 4.78. The maximum atomic E-state index is 12.8. The van der Waals surface area contributed by atoms with E-state index >= 15 is 0 Å². The van der Waals surface area contributed by atoms with Crippen LogP contribution in [0.1, 0.15) is 12.8 Å². The van der Waals surface area contributed by atoms with Crippen molar-refractivity contribution < 1.29 is 8.42 Å². The summed E-state index contributed by atoms with van der Waals surface area (Å²) in [7, 11) is -3.23. The molecule has 0 aliphatic carbocycles. The van der Waals surface area contributed by atoms with Gasteiger partial charge in [-0.15, -0.1) is 0 Å². The van der Waals surface area contributed by atoms with E-state index < -0.39 is 9.84 Å². The fourth-order valence-electron chi connectivity index (χ4n) is 2.73. The quantitative estimate of drug-likeness (QED) is 0.915. The van der Waals surface area contributed by atoms with Crippen LogP contribution in [0.4, 0.5) is 0 Å². The van der Waals surface area contributed by atoms with Crippen LogP contribution in [-0.2, 0) is 9.84 Å². The Morgan fingerprint density at radius 3 is 2.42 bits per heavy atom. The first kappa shape index (κ1) is 12.6. The standard InChI is InChI=1S/C15H17NO2S/c17-19(18,13-8-10-16-11-9-13)15-7-3-5-12-4-1-2-6-14(12)15/h1-7,13,16H,8-11H2. The summed E-state index contributed by atoms with van der Waals surface area (Å²) in [6.45, 7) is 1.57. The van der Waals surface area contributed by atoms with Crippen LogP contribution in [0.15, 0.2) is 47.4 Å². The van der Waals surface area contributed by atoms with Gasteiger partial charge in [0.25, 0.3) is 0 Å². The van der Waals surface area contributed by atoms with Crippen molar-refractivity contribution in [3.63, 3.8) is 0 Å². The van der Waals surface area contributed by atoms with Crippen LogP contribution in [0.3, 0.4) is 0 Å². The Bertz CT molecular complexity index is 683. The van der Waals surface area contributed by atoms with Gasteiger partial charge in [-0.05, 0) is 37.4 Å². The number of sulfone groups is 1. The van der Waals surface area contributed by atoms with E-state index in [0.717, 1.165) is 23.9 Å². The van der Waals surface area contributed by atoms with Crippen molar-refractivity contribution in [2.45, 2.75) is 23.0 Å². The van der Waals surface area contributed by atoms with Gasteiger partial charge < -0.3 is 5.32 Å². The summed E-state index contributed by atoms with van der Waals surface area (Å²) >= 11 is 0. The van der Waals surface area contributed by atoms with E-state index in [9.17, 15) is 8.42 Å². The molecular formula is C15H17NO2S. The molecule has 1 aliphatic heterocycles. The number of rotatable bonds is 2.